The summed E-state index contributed by atoms with van der Waals surface area (Å²) in [7, 11) is 4.94. The number of anilines is 1. The first-order valence-corrected chi connectivity index (χ1v) is 6.46. The third-order valence-corrected chi connectivity index (χ3v) is 3.13. The molecule has 1 aromatic carbocycles. The van der Waals surface area contributed by atoms with Gasteiger partial charge in [-0.15, -0.1) is 0 Å². The minimum atomic E-state index is -0.222. The molecule has 0 spiro atoms. The van der Waals surface area contributed by atoms with Gasteiger partial charge in [0.2, 0.25) is 5.91 Å². The zero-order valence-electron chi connectivity index (χ0n) is 12.0. The molecule has 1 heterocycles. The second kappa shape index (κ2) is 5.81. The predicted molar refractivity (Wildman–Crippen MR) is 76.1 cm³/mol. The number of carbonyl (C=O) groups excluding carboxylic acids is 2. The normalized spacial score (nSPS) is 12.8. The lowest BCUT2D eigenvalue weighted by atomic mass is 10.1. The van der Waals surface area contributed by atoms with Gasteiger partial charge in [0.25, 0.3) is 5.91 Å². The number of nitrogens with one attached hydrogen (secondary N) is 1. The molecule has 0 radical (unpaired) electrons. The summed E-state index contributed by atoms with van der Waals surface area (Å²) in [6, 6.07) is 5.39. The number of hydrogen-bond acceptors (Lipinski definition) is 4. The van der Waals surface area contributed by atoms with Crippen LogP contribution in [-0.2, 0) is 4.79 Å². The maximum Gasteiger partial charge on any atom is 0.257 e. The Morgan fingerprint density at radius 3 is 2.75 bits per heavy atom. The number of fused-ring (bicyclic) bond motifs is 1. The number of para-hydroxylation sites is 1. The molecule has 6 heteroatoms. The van der Waals surface area contributed by atoms with Crippen LogP contribution < -0.4 is 10.1 Å². The molecule has 2 amide bonds. The van der Waals surface area contributed by atoms with Crippen LogP contribution in [0.4, 0.5) is 5.69 Å². The largest absolute Gasteiger partial charge is 0.489 e. The quantitative estimate of drug-likeness (QED) is 0.881. The second-order valence-corrected chi connectivity index (χ2v) is 4.91. The SMILES string of the molecule is CN(C)C(=O)CN(C)C(=O)c1cccc2c1OCCN2. The van der Waals surface area contributed by atoms with E-state index in [2.05, 4.69) is 5.32 Å². The maximum atomic E-state index is 12.4. The number of rotatable bonds is 3. The monoisotopic (exact) mass is 277 g/mol. The molecular weight excluding hydrogens is 258 g/mol. The molecule has 2 rings (SSSR count). The van der Waals surface area contributed by atoms with Crippen molar-refractivity contribution < 1.29 is 14.3 Å². The van der Waals surface area contributed by atoms with Crippen molar-refractivity contribution in [2.75, 3.05) is 46.2 Å². The van der Waals surface area contributed by atoms with Crippen LogP contribution in [0.15, 0.2) is 18.2 Å². The van der Waals surface area contributed by atoms with Crippen molar-refractivity contribution in [1.29, 1.82) is 0 Å². The van der Waals surface area contributed by atoms with E-state index in [1.165, 1.54) is 9.80 Å². The van der Waals surface area contributed by atoms with Crippen LogP contribution in [0.3, 0.4) is 0 Å². The molecule has 0 aromatic heterocycles. The van der Waals surface area contributed by atoms with Gasteiger partial charge in [0, 0.05) is 27.7 Å². The smallest absolute Gasteiger partial charge is 0.257 e. The molecule has 0 aliphatic carbocycles. The molecule has 0 saturated heterocycles. The van der Waals surface area contributed by atoms with E-state index < -0.39 is 0 Å². The van der Waals surface area contributed by atoms with Gasteiger partial charge in [-0.25, -0.2) is 0 Å². The van der Waals surface area contributed by atoms with Gasteiger partial charge in [-0.05, 0) is 12.1 Å². The molecule has 6 nitrogen and oxygen atoms in total. The number of carbonyl (C=O) groups is 2. The summed E-state index contributed by atoms with van der Waals surface area (Å²) in [4.78, 5) is 26.9. The van der Waals surface area contributed by atoms with Gasteiger partial charge in [0.05, 0.1) is 17.8 Å². The Bertz CT molecular complexity index is 528. The Kier molecular flexibility index (Phi) is 4.12. The Hall–Kier alpha value is -2.24. The lowest BCUT2D eigenvalue weighted by molar-refractivity contribution is -0.129. The van der Waals surface area contributed by atoms with Crippen molar-refractivity contribution in [2.24, 2.45) is 0 Å². The third-order valence-electron chi connectivity index (χ3n) is 3.13. The van der Waals surface area contributed by atoms with E-state index in [9.17, 15) is 9.59 Å². The van der Waals surface area contributed by atoms with E-state index in [-0.39, 0.29) is 18.4 Å². The van der Waals surface area contributed by atoms with Gasteiger partial charge in [-0.3, -0.25) is 9.59 Å². The number of ether oxygens (including phenoxy) is 1. The number of likely N-dealkylation sites (N-methyl/N-ethyl adjacent to an activating group) is 2. The Balaban J connectivity index is 2.19. The van der Waals surface area contributed by atoms with Crippen molar-refractivity contribution in [3.05, 3.63) is 23.8 Å². The van der Waals surface area contributed by atoms with E-state index >= 15 is 0 Å². The van der Waals surface area contributed by atoms with Crippen molar-refractivity contribution in [1.82, 2.24) is 9.80 Å². The van der Waals surface area contributed by atoms with Gasteiger partial charge < -0.3 is 19.9 Å². The van der Waals surface area contributed by atoms with Crippen LogP contribution in [0.5, 0.6) is 5.75 Å². The first-order chi connectivity index (χ1) is 9.50. The molecule has 0 bridgehead atoms. The van der Waals surface area contributed by atoms with E-state index in [0.717, 1.165) is 12.2 Å². The Morgan fingerprint density at radius 1 is 1.30 bits per heavy atom. The fourth-order valence-electron chi connectivity index (χ4n) is 1.96. The molecule has 0 atom stereocenters. The van der Waals surface area contributed by atoms with Crippen molar-refractivity contribution in [2.45, 2.75) is 0 Å². The van der Waals surface area contributed by atoms with E-state index in [1.54, 1.807) is 33.3 Å². The summed E-state index contributed by atoms with van der Waals surface area (Å²) < 4.78 is 5.57. The van der Waals surface area contributed by atoms with Crippen LogP contribution in [-0.4, -0.2) is 62.5 Å². The topological polar surface area (TPSA) is 61.9 Å². The van der Waals surface area contributed by atoms with E-state index in [1.807, 2.05) is 6.07 Å². The zero-order valence-corrected chi connectivity index (χ0v) is 12.0. The molecule has 0 unspecified atom stereocenters. The molecule has 1 aliphatic rings. The molecule has 0 fully saturated rings. The first kappa shape index (κ1) is 14.2. The average Bonchev–Trinajstić information content (AvgIpc) is 2.45. The Morgan fingerprint density at radius 2 is 2.05 bits per heavy atom. The molecular formula is C14H19N3O3. The molecule has 20 heavy (non-hydrogen) atoms. The predicted octanol–water partition coefficient (Wildman–Crippen LogP) is 0.651. The average molecular weight is 277 g/mol. The highest BCUT2D eigenvalue weighted by Gasteiger charge is 2.22. The summed E-state index contributed by atoms with van der Waals surface area (Å²) in [6.07, 6.45) is 0. The fourth-order valence-corrected chi connectivity index (χ4v) is 1.96. The number of benzene rings is 1. The molecule has 1 aliphatic heterocycles. The van der Waals surface area contributed by atoms with Crippen LogP contribution in [0.1, 0.15) is 10.4 Å². The highest BCUT2D eigenvalue weighted by Crippen LogP contribution is 2.31. The standard InChI is InChI=1S/C14H19N3O3/c1-16(2)12(18)9-17(3)14(19)10-5-4-6-11-13(10)20-8-7-15-11/h4-6,15H,7-9H2,1-3H3. The van der Waals surface area contributed by atoms with Crippen molar-refractivity contribution in [3.63, 3.8) is 0 Å². The van der Waals surface area contributed by atoms with E-state index in [4.69, 9.17) is 4.74 Å². The highest BCUT2D eigenvalue weighted by atomic mass is 16.5. The van der Waals surface area contributed by atoms with Crippen LogP contribution in [0.2, 0.25) is 0 Å². The van der Waals surface area contributed by atoms with Crippen LogP contribution in [0, 0.1) is 0 Å². The zero-order chi connectivity index (χ0) is 14.7. The van der Waals surface area contributed by atoms with Crippen LogP contribution >= 0.6 is 0 Å². The summed E-state index contributed by atoms with van der Waals surface area (Å²) >= 11 is 0. The van der Waals surface area contributed by atoms with Gasteiger partial charge in [-0.2, -0.15) is 0 Å². The number of amides is 2. The Labute approximate surface area is 118 Å². The molecule has 1 aromatic rings. The first-order valence-electron chi connectivity index (χ1n) is 6.46. The highest BCUT2D eigenvalue weighted by molar-refractivity contribution is 6.00. The van der Waals surface area contributed by atoms with Crippen LogP contribution in [0.25, 0.3) is 0 Å². The minimum Gasteiger partial charge on any atom is -0.489 e. The summed E-state index contributed by atoms with van der Waals surface area (Å²) in [5.41, 5.74) is 1.29. The number of hydrogen-bond donors (Lipinski definition) is 1. The summed E-state index contributed by atoms with van der Waals surface area (Å²) in [6.45, 7) is 1.29. The maximum absolute atomic E-state index is 12.4. The van der Waals surface area contributed by atoms with Gasteiger partial charge in [0.1, 0.15) is 6.61 Å². The lowest BCUT2D eigenvalue weighted by Gasteiger charge is -2.24. The minimum absolute atomic E-state index is 0.0446. The summed E-state index contributed by atoms with van der Waals surface area (Å²) in [5.74, 6) is 0.221. The van der Waals surface area contributed by atoms with Gasteiger partial charge in [0.15, 0.2) is 5.75 Å². The van der Waals surface area contributed by atoms with Gasteiger partial charge >= 0.3 is 0 Å². The fraction of sp³-hybridized carbons (Fsp3) is 0.429. The van der Waals surface area contributed by atoms with E-state index in [0.29, 0.717) is 17.9 Å². The van der Waals surface area contributed by atoms with Crippen molar-refractivity contribution >= 4 is 17.5 Å². The molecule has 1 N–H and O–H groups in total. The lowest BCUT2D eigenvalue weighted by Crippen LogP contribution is -2.38. The van der Waals surface area contributed by atoms with Crippen molar-refractivity contribution in [3.8, 4) is 5.75 Å². The third kappa shape index (κ3) is 2.84. The second-order valence-electron chi connectivity index (χ2n) is 4.91. The summed E-state index contributed by atoms with van der Waals surface area (Å²) in [5, 5.41) is 3.18. The van der Waals surface area contributed by atoms with Gasteiger partial charge in [-0.1, -0.05) is 6.07 Å². The number of nitrogens with zero attached hydrogens (tertiary/aromatic N) is 2. The molecule has 108 valence electrons. The molecule has 0 saturated carbocycles.